The highest BCUT2D eigenvalue weighted by Gasteiger charge is 2.26. The number of aromatic nitrogens is 2. The van der Waals surface area contributed by atoms with E-state index < -0.39 is 24.3 Å². The maximum absolute atomic E-state index is 12.7. The van der Waals surface area contributed by atoms with Crippen LogP contribution in [0.15, 0.2) is 30.3 Å². The summed E-state index contributed by atoms with van der Waals surface area (Å²) in [5.41, 5.74) is 2.08. The lowest BCUT2D eigenvalue weighted by Crippen LogP contribution is -2.18. The van der Waals surface area contributed by atoms with Crippen LogP contribution in [0.4, 0.5) is 0 Å². The fourth-order valence-electron chi connectivity index (χ4n) is 3.18. The second kappa shape index (κ2) is 8.45. The second-order valence-electron chi connectivity index (χ2n) is 6.35. The number of ketones is 1. The van der Waals surface area contributed by atoms with E-state index in [9.17, 15) is 14.4 Å². The van der Waals surface area contributed by atoms with Gasteiger partial charge in [-0.2, -0.15) is 0 Å². The fraction of sp³-hybridized carbons (Fsp3) is 0.238. The summed E-state index contributed by atoms with van der Waals surface area (Å²) in [5, 5.41) is 0.707. The Morgan fingerprint density at radius 1 is 1.03 bits per heavy atom. The number of pyridine rings is 1. The molecular weight excluding hydrogens is 396 g/mol. The molecule has 0 fully saturated rings. The Morgan fingerprint density at radius 3 is 2.45 bits per heavy atom. The molecule has 0 saturated heterocycles. The number of hydrogen-bond acceptors (Lipinski definition) is 6. The molecule has 3 rings (SSSR count). The van der Waals surface area contributed by atoms with Crippen molar-refractivity contribution in [2.75, 3.05) is 13.2 Å². The SMILES string of the molecule is CCOC(=O)c1c(C)[nH]c(C)c1C(=O)COC(=O)c1cc(Cl)nc2ccccc12. The number of ether oxygens (including phenoxy) is 2. The van der Waals surface area contributed by atoms with Crippen molar-refractivity contribution >= 4 is 40.2 Å². The van der Waals surface area contributed by atoms with Crippen LogP contribution in [0, 0.1) is 13.8 Å². The zero-order valence-electron chi connectivity index (χ0n) is 16.2. The largest absolute Gasteiger partial charge is 0.462 e. The van der Waals surface area contributed by atoms with Gasteiger partial charge in [0.15, 0.2) is 6.61 Å². The van der Waals surface area contributed by atoms with Gasteiger partial charge in [0.25, 0.3) is 0 Å². The molecule has 0 unspecified atom stereocenters. The van der Waals surface area contributed by atoms with Crippen molar-refractivity contribution in [1.82, 2.24) is 9.97 Å². The smallest absolute Gasteiger partial charge is 0.340 e. The van der Waals surface area contributed by atoms with Crippen molar-refractivity contribution in [3.8, 4) is 0 Å². The van der Waals surface area contributed by atoms with Crippen LogP contribution in [-0.2, 0) is 9.47 Å². The van der Waals surface area contributed by atoms with E-state index in [1.54, 1.807) is 45.0 Å². The number of carbonyl (C=O) groups excluding carboxylic acids is 3. The van der Waals surface area contributed by atoms with Gasteiger partial charge in [-0.1, -0.05) is 29.8 Å². The number of para-hydroxylation sites is 1. The number of esters is 2. The van der Waals surface area contributed by atoms with Crippen LogP contribution in [0.3, 0.4) is 0 Å². The van der Waals surface area contributed by atoms with Gasteiger partial charge in [-0.05, 0) is 32.9 Å². The molecule has 7 nitrogen and oxygen atoms in total. The third kappa shape index (κ3) is 4.14. The van der Waals surface area contributed by atoms with Crippen molar-refractivity contribution in [1.29, 1.82) is 0 Å². The summed E-state index contributed by atoms with van der Waals surface area (Å²) >= 11 is 5.99. The van der Waals surface area contributed by atoms with Gasteiger partial charge >= 0.3 is 11.9 Å². The Labute approximate surface area is 172 Å². The van der Waals surface area contributed by atoms with Crippen LogP contribution in [-0.4, -0.2) is 40.9 Å². The number of aryl methyl sites for hydroxylation is 2. The molecule has 0 aliphatic carbocycles. The number of nitrogens with zero attached hydrogens (tertiary/aromatic N) is 1. The Kier molecular flexibility index (Phi) is 5.98. The summed E-state index contributed by atoms with van der Waals surface area (Å²) in [7, 11) is 0. The molecule has 0 aliphatic rings. The molecule has 3 aromatic rings. The molecule has 150 valence electrons. The van der Waals surface area contributed by atoms with Gasteiger partial charge in [0.1, 0.15) is 5.15 Å². The van der Waals surface area contributed by atoms with Crippen molar-refractivity contribution in [2.24, 2.45) is 0 Å². The first-order valence-corrected chi connectivity index (χ1v) is 9.33. The second-order valence-corrected chi connectivity index (χ2v) is 6.74. The van der Waals surface area contributed by atoms with Crippen molar-refractivity contribution < 1.29 is 23.9 Å². The number of aromatic amines is 1. The number of H-pyrrole nitrogens is 1. The van der Waals surface area contributed by atoms with Gasteiger partial charge in [-0.3, -0.25) is 4.79 Å². The molecule has 2 aromatic heterocycles. The number of benzene rings is 1. The van der Waals surface area contributed by atoms with Crippen LogP contribution in [0.5, 0.6) is 0 Å². The van der Waals surface area contributed by atoms with Crippen LogP contribution < -0.4 is 0 Å². The number of fused-ring (bicyclic) bond motifs is 1. The van der Waals surface area contributed by atoms with Gasteiger partial charge in [0.05, 0.1) is 28.8 Å². The molecule has 8 heteroatoms. The van der Waals surface area contributed by atoms with E-state index >= 15 is 0 Å². The fourth-order valence-corrected chi connectivity index (χ4v) is 3.38. The van der Waals surface area contributed by atoms with Gasteiger partial charge in [0.2, 0.25) is 5.78 Å². The number of halogens is 1. The number of rotatable bonds is 6. The first-order chi connectivity index (χ1) is 13.8. The molecule has 0 bridgehead atoms. The number of Topliss-reactive ketones (excluding diaryl/α,β-unsaturated/α-hetero) is 1. The van der Waals surface area contributed by atoms with Crippen molar-refractivity contribution in [3.05, 3.63) is 63.6 Å². The minimum atomic E-state index is -0.707. The average molecular weight is 415 g/mol. The number of nitrogens with one attached hydrogen (secondary N) is 1. The zero-order valence-corrected chi connectivity index (χ0v) is 16.9. The Morgan fingerprint density at radius 2 is 1.72 bits per heavy atom. The molecule has 2 heterocycles. The zero-order chi connectivity index (χ0) is 21.1. The summed E-state index contributed by atoms with van der Waals surface area (Å²) in [6.07, 6.45) is 0. The van der Waals surface area contributed by atoms with E-state index in [1.807, 2.05) is 0 Å². The molecule has 0 spiro atoms. The summed E-state index contributed by atoms with van der Waals surface area (Å²) < 4.78 is 10.3. The molecule has 0 saturated carbocycles. The monoisotopic (exact) mass is 414 g/mol. The third-order valence-electron chi connectivity index (χ3n) is 4.37. The highest BCUT2D eigenvalue weighted by molar-refractivity contribution is 6.30. The molecule has 29 heavy (non-hydrogen) atoms. The highest BCUT2D eigenvalue weighted by Crippen LogP contribution is 2.23. The van der Waals surface area contributed by atoms with E-state index in [0.717, 1.165) is 0 Å². The van der Waals surface area contributed by atoms with Crippen molar-refractivity contribution in [3.63, 3.8) is 0 Å². The van der Waals surface area contributed by atoms with E-state index in [2.05, 4.69) is 9.97 Å². The van der Waals surface area contributed by atoms with Gasteiger partial charge in [-0.25, -0.2) is 14.6 Å². The Bertz CT molecular complexity index is 1120. The third-order valence-corrected chi connectivity index (χ3v) is 4.57. The maximum atomic E-state index is 12.7. The predicted octanol–water partition coefficient (Wildman–Crippen LogP) is 4.05. The topological polar surface area (TPSA) is 98.4 Å². The lowest BCUT2D eigenvalue weighted by Gasteiger charge is -2.09. The predicted molar refractivity (Wildman–Crippen MR) is 108 cm³/mol. The van der Waals surface area contributed by atoms with E-state index in [4.69, 9.17) is 21.1 Å². The van der Waals surface area contributed by atoms with E-state index in [0.29, 0.717) is 22.3 Å². The Balaban J connectivity index is 1.84. The van der Waals surface area contributed by atoms with Crippen LogP contribution >= 0.6 is 11.6 Å². The summed E-state index contributed by atoms with van der Waals surface area (Å²) in [5.74, 6) is -1.81. The van der Waals surface area contributed by atoms with Gasteiger partial charge < -0.3 is 14.5 Å². The molecule has 1 aromatic carbocycles. The Hall–Kier alpha value is -3.19. The standard InChI is InChI=1S/C21H19ClN2O5/c1-4-28-21(27)19-12(3)23-11(2)18(19)16(25)10-29-20(26)14-9-17(22)24-15-8-6-5-7-13(14)15/h5-9,23H,4,10H2,1-3H3. The molecular formula is C21H19ClN2O5. The minimum absolute atomic E-state index is 0.142. The maximum Gasteiger partial charge on any atom is 0.340 e. The van der Waals surface area contributed by atoms with Gasteiger partial charge in [0, 0.05) is 16.8 Å². The van der Waals surface area contributed by atoms with E-state index in [-0.39, 0.29) is 28.5 Å². The normalized spacial score (nSPS) is 10.8. The van der Waals surface area contributed by atoms with Gasteiger partial charge in [-0.15, -0.1) is 0 Å². The summed E-state index contributed by atoms with van der Waals surface area (Å²) in [6.45, 7) is 4.67. The lowest BCUT2D eigenvalue weighted by molar-refractivity contribution is 0.0474. The summed E-state index contributed by atoms with van der Waals surface area (Å²) in [4.78, 5) is 44.7. The number of carbonyl (C=O) groups is 3. The number of hydrogen-bond donors (Lipinski definition) is 1. The molecule has 0 aliphatic heterocycles. The average Bonchev–Trinajstić information content (AvgIpc) is 2.99. The quantitative estimate of drug-likeness (QED) is 0.371. The van der Waals surface area contributed by atoms with E-state index in [1.165, 1.54) is 6.07 Å². The van der Waals surface area contributed by atoms with Crippen molar-refractivity contribution in [2.45, 2.75) is 20.8 Å². The highest BCUT2D eigenvalue weighted by atomic mass is 35.5. The van der Waals surface area contributed by atoms with Crippen LogP contribution in [0.2, 0.25) is 5.15 Å². The minimum Gasteiger partial charge on any atom is -0.462 e. The first-order valence-electron chi connectivity index (χ1n) is 8.95. The first kappa shape index (κ1) is 20.5. The van der Waals surface area contributed by atoms with Crippen LogP contribution in [0.25, 0.3) is 10.9 Å². The molecule has 0 radical (unpaired) electrons. The summed E-state index contributed by atoms with van der Waals surface area (Å²) in [6, 6.07) is 8.37. The molecule has 0 amide bonds. The molecule has 1 N–H and O–H groups in total. The molecule has 0 atom stereocenters. The lowest BCUT2D eigenvalue weighted by atomic mass is 10.1. The van der Waals surface area contributed by atoms with Crippen LogP contribution in [0.1, 0.15) is 49.4 Å².